The zero-order valence-electron chi connectivity index (χ0n) is 8.10. The predicted octanol–water partition coefficient (Wildman–Crippen LogP) is 0.239. The smallest absolute Gasteiger partial charge is 0.276 e. The van der Waals surface area contributed by atoms with E-state index in [0.717, 1.165) is 0 Å². The van der Waals surface area contributed by atoms with E-state index >= 15 is 0 Å². The summed E-state index contributed by atoms with van der Waals surface area (Å²) in [5.74, 6) is 1.03. The summed E-state index contributed by atoms with van der Waals surface area (Å²) in [6.07, 6.45) is -0.270. The van der Waals surface area contributed by atoms with Gasteiger partial charge in [0.1, 0.15) is 0 Å². The van der Waals surface area contributed by atoms with Crippen LogP contribution in [0.25, 0.3) is 0 Å². The summed E-state index contributed by atoms with van der Waals surface area (Å²) in [5, 5.41) is 7.98. The number of rotatable bonds is 6. The summed E-state index contributed by atoms with van der Waals surface area (Å²) in [4.78, 5) is 0. The van der Waals surface area contributed by atoms with Gasteiger partial charge < -0.3 is 19.6 Å². The van der Waals surface area contributed by atoms with Gasteiger partial charge in [-0.05, 0) is 0 Å². The van der Waals surface area contributed by atoms with E-state index in [1.54, 1.807) is 14.2 Å². The van der Waals surface area contributed by atoms with E-state index in [1.165, 1.54) is 11.8 Å². The lowest BCUT2D eigenvalue weighted by molar-refractivity contribution is -0.0843. The third-order valence-corrected chi connectivity index (χ3v) is 2.34. The lowest BCUT2D eigenvalue weighted by atomic mass is 10.7. The van der Waals surface area contributed by atoms with Gasteiger partial charge >= 0.3 is 0 Å². The first-order valence-corrected chi connectivity index (χ1v) is 4.99. The maximum atomic E-state index is 5.32. The van der Waals surface area contributed by atoms with Crippen LogP contribution >= 0.6 is 11.8 Å². The minimum atomic E-state index is -0.270. The molecule has 80 valence electrons. The molecule has 6 nitrogen and oxygen atoms in total. The Labute approximate surface area is 86.1 Å². The number of nitrogens with zero attached hydrogens (tertiary/aromatic N) is 2. The minimum absolute atomic E-state index is 0.256. The van der Waals surface area contributed by atoms with Crippen LogP contribution in [0.4, 0.5) is 0 Å². The average molecular weight is 219 g/mol. The molecule has 1 aromatic rings. The molecule has 0 saturated heterocycles. The Morgan fingerprint density at radius 1 is 1.43 bits per heavy atom. The highest BCUT2D eigenvalue weighted by atomic mass is 32.2. The Hall–Kier alpha value is -0.630. The molecule has 0 spiro atoms. The second kappa shape index (κ2) is 5.97. The Morgan fingerprint density at radius 3 is 2.64 bits per heavy atom. The van der Waals surface area contributed by atoms with Gasteiger partial charge in [-0.1, -0.05) is 11.8 Å². The van der Waals surface area contributed by atoms with Crippen LogP contribution in [0.1, 0.15) is 5.89 Å². The van der Waals surface area contributed by atoms with Crippen LogP contribution < -0.4 is 5.73 Å². The summed E-state index contributed by atoms with van der Waals surface area (Å²) in [5.41, 5.74) is 5.32. The second-order valence-electron chi connectivity index (χ2n) is 2.38. The molecule has 0 fully saturated rings. The van der Waals surface area contributed by atoms with Crippen LogP contribution in [0.15, 0.2) is 9.64 Å². The van der Waals surface area contributed by atoms with Gasteiger partial charge in [-0.25, -0.2) is 0 Å². The van der Waals surface area contributed by atoms with E-state index in [9.17, 15) is 0 Å². The highest BCUT2D eigenvalue weighted by molar-refractivity contribution is 7.99. The number of hydrogen-bond donors (Lipinski definition) is 1. The Bertz CT molecular complexity index is 264. The number of thioether (sulfide) groups is 1. The van der Waals surface area contributed by atoms with E-state index in [2.05, 4.69) is 10.2 Å². The lowest BCUT2D eigenvalue weighted by Gasteiger charge is -2.10. The molecule has 1 heterocycles. The van der Waals surface area contributed by atoms with Gasteiger partial charge in [-0.2, -0.15) is 0 Å². The Kier molecular flexibility index (Phi) is 4.88. The van der Waals surface area contributed by atoms with Gasteiger partial charge in [0.05, 0.1) is 12.3 Å². The van der Waals surface area contributed by atoms with Crippen LogP contribution in [0, 0.1) is 0 Å². The van der Waals surface area contributed by atoms with Crippen molar-refractivity contribution in [1.82, 2.24) is 10.2 Å². The molecule has 0 radical (unpaired) electrons. The van der Waals surface area contributed by atoms with Crippen LogP contribution in [-0.2, 0) is 16.0 Å². The summed E-state index contributed by atoms with van der Waals surface area (Å²) < 4.78 is 15.2. The van der Waals surface area contributed by atoms with Crippen molar-refractivity contribution in [2.24, 2.45) is 5.73 Å². The second-order valence-corrected chi connectivity index (χ2v) is 3.35. The normalized spacial score (nSPS) is 11.1. The van der Waals surface area contributed by atoms with Crippen molar-refractivity contribution >= 4 is 11.8 Å². The fraction of sp³-hybridized carbons (Fsp3) is 0.714. The highest BCUT2D eigenvalue weighted by Gasteiger charge is 2.10. The largest absolute Gasteiger partial charge is 0.415 e. The number of methoxy groups -OCH3 is 2. The van der Waals surface area contributed by atoms with Gasteiger partial charge in [0.25, 0.3) is 5.22 Å². The van der Waals surface area contributed by atoms with Gasteiger partial charge in [0.15, 0.2) is 6.29 Å². The molecular weight excluding hydrogens is 206 g/mol. The highest BCUT2D eigenvalue weighted by Crippen LogP contribution is 2.17. The van der Waals surface area contributed by atoms with E-state index in [-0.39, 0.29) is 12.8 Å². The standard InChI is InChI=1S/C7H13N3O3S/c1-11-6(12-2)4-14-7-10-9-5(3-8)13-7/h6H,3-4,8H2,1-2H3. The molecular formula is C7H13N3O3S. The van der Waals surface area contributed by atoms with Crippen molar-refractivity contribution in [3.05, 3.63) is 5.89 Å². The molecule has 7 heteroatoms. The third kappa shape index (κ3) is 3.26. The van der Waals surface area contributed by atoms with Crippen molar-refractivity contribution in [2.45, 2.75) is 18.1 Å². The van der Waals surface area contributed by atoms with E-state index in [4.69, 9.17) is 19.6 Å². The number of nitrogens with two attached hydrogens (primary N) is 1. The van der Waals surface area contributed by atoms with Gasteiger partial charge in [-0.15, -0.1) is 10.2 Å². The maximum absolute atomic E-state index is 5.32. The molecule has 0 atom stereocenters. The van der Waals surface area contributed by atoms with Crippen molar-refractivity contribution in [2.75, 3.05) is 20.0 Å². The summed E-state index contributed by atoms with van der Waals surface area (Å²) in [6.45, 7) is 0.256. The Morgan fingerprint density at radius 2 is 2.14 bits per heavy atom. The number of ether oxygens (including phenoxy) is 2. The molecule has 1 aromatic heterocycles. The SMILES string of the molecule is COC(CSc1nnc(CN)o1)OC. The van der Waals surface area contributed by atoms with E-state index in [1.807, 2.05) is 0 Å². The molecule has 0 aliphatic carbocycles. The van der Waals surface area contributed by atoms with E-state index < -0.39 is 0 Å². The average Bonchev–Trinajstić information content (AvgIpc) is 2.67. The van der Waals surface area contributed by atoms with Gasteiger partial charge in [0.2, 0.25) is 5.89 Å². The molecule has 0 aliphatic heterocycles. The van der Waals surface area contributed by atoms with Crippen LogP contribution in [0.3, 0.4) is 0 Å². The molecule has 2 N–H and O–H groups in total. The van der Waals surface area contributed by atoms with Crippen molar-refractivity contribution in [3.63, 3.8) is 0 Å². The molecule has 1 rings (SSSR count). The summed E-state index contributed by atoms with van der Waals surface area (Å²) in [7, 11) is 3.15. The zero-order valence-corrected chi connectivity index (χ0v) is 8.91. The number of hydrogen-bond acceptors (Lipinski definition) is 7. The van der Waals surface area contributed by atoms with Crippen LogP contribution in [0.2, 0.25) is 0 Å². The molecule has 0 saturated carbocycles. The van der Waals surface area contributed by atoms with Crippen molar-refractivity contribution < 1.29 is 13.9 Å². The first-order chi connectivity index (χ1) is 6.80. The zero-order chi connectivity index (χ0) is 10.4. The fourth-order valence-electron chi connectivity index (χ4n) is 0.751. The predicted molar refractivity (Wildman–Crippen MR) is 50.7 cm³/mol. The van der Waals surface area contributed by atoms with Crippen LogP contribution in [0.5, 0.6) is 0 Å². The lowest BCUT2D eigenvalue weighted by Crippen LogP contribution is -2.15. The van der Waals surface area contributed by atoms with Crippen LogP contribution in [-0.4, -0.2) is 36.5 Å². The molecule has 0 aliphatic rings. The van der Waals surface area contributed by atoms with Crippen molar-refractivity contribution in [1.29, 1.82) is 0 Å². The molecule has 0 unspecified atom stereocenters. The minimum Gasteiger partial charge on any atom is -0.415 e. The quantitative estimate of drug-likeness (QED) is 0.542. The first-order valence-electron chi connectivity index (χ1n) is 4.01. The number of aromatic nitrogens is 2. The molecule has 14 heavy (non-hydrogen) atoms. The summed E-state index contributed by atoms with van der Waals surface area (Å²) >= 11 is 1.37. The fourth-order valence-corrected chi connectivity index (χ4v) is 1.56. The third-order valence-electron chi connectivity index (χ3n) is 1.49. The monoisotopic (exact) mass is 219 g/mol. The molecule has 0 bridgehead atoms. The van der Waals surface area contributed by atoms with Gasteiger partial charge in [0, 0.05) is 14.2 Å². The van der Waals surface area contributed by atoms with E-state index in [0.29, 0.717) is 16.9 Å². The van der Waals surface area contributed by atoms with Gasteiger partial charge in [-0.3, -0.25) is 0 Å². The maximum Gasteiger partial charge on any atom is 0.276 e. The Balaban J connectivity index is 2.37. The topological polar surface area (TPSA) is 83.4 Å². The van der Waals surface area contributed by atoms with Crippen molar-refractivity contribution in [3.8, 4) is 0 Å². The summed E-state index contributed by atoms with van der Waals surface area (Å²) in [6, 6.07) is 0. The first kappa shape index (κ1) is 11.4. The molecule has 0 amide bonds. The molecule has 0 aromatic carbocycles.